The number of carbonyl (C=O) groups excluding carboxylic acids is 3. The third kappa shape index (κ3) is 5.79. The predicted octanol–water partition coefficient (Wildman–Crippen LogP) is 1.77. The topological polar surface area (TPSA) is 70.2 Å². The Labute approximate surface area is 160 Å². The summed E-state index contributed by atoms with van der Waals surface area (Å²) in [6.07, 6.45) is 0.283. The van der Waals surface area contributed by atoms with E-state index in [4.69, 9.17) is 4.74 Å². The minimum absolute atomic E-state index is 0.0696. The van der Waals surface area contributed by atoms with E-state index in [-0.39, 0.29) is 24.2 Å². The highest BCUT2D eigenvalue weighted by Gasteiger charge is 2.21. The van der Waals surface area contributed by atoms with Crippen LogP contribution in [0.25, 0.3) is 0 Å². The number of carbonyl (C=O) groups is 3. The average molecular weight is 375 g/mol. The Morgan fingerprint density at radius 1 is 1.04 bits per heavy atom. The first-order chi connectivity index (χ1) is 13.0. The Balaban J connectivity index is 1.94. The van der Waals surface area contributed by atoms with Crippen LogP contribution >= 0.6 is 0 Å². The second kappa shape index (κ2) is 10.1. The number of piperazine rings is 1. The van der Waals surface area contributed by atoms with Gasteiger partial charge in [0.25, 0.3) is 0 Å². The lowest BCUT2D eigenvalue weighted by Crippen LogP contribution is -2.49. The highest BCUT2D eigenvalue weighted by Crippen LogP contribution is 2.17. The first-order valence-corrected chi connectivity index (χ1v) is 9.51. The van der Waals surface area contributed by atoms with Crippen molar-refractivity contribution in [3.05, 3.63) is 29.8 Å². The summed E-state index contributed by atoms with van der Waals surface area (Å²) in [5, 5.41) is 0. The largest absolute Gasteiger partial charge is 0.462 e. The molecule has 0 atom stereocenters. The van der Waals surface area contributed by atoms with Crippen molar-refractivity contribution in [2.24, 2.45) is 0 Å². The number of nitrogens with zero attached hydrogens (tertiary/aromatic N) is 3. The minimum Gasteiger partial charge on any atom is -0.462 e. The molecule has 0 saturated carbocycles. The van der Waals surface area contributed by atoms with Crippen LogP contribution < -0.4 is 4.90 Å². The average Bonchev–Trinajstić information content (AvgIpc) is 2.68. The van der Waals surface area contributed by atoms with Gasteiger partial charge in [0.15, 0.2) is 0 Å². The first-order valence-electron chi connectivity index (χ1n) is 9.51. The van der Waals surface area contributed by atoms with Gasteiger partial charge in [-0.2, -0.15) is 0 Å². The van der Waals surface area contributed by atoms with Crippen LogP contribution in [0.3, 0.4) is 0 Å². The van der Waals surface area contributed by atoms with Gasteiger partial charge in [0.05, 0.1) is 12.2 Å². The molecule has 27 heavy (non-hydrogen) atoms. The Kier molecular flexibility index (Phi) is 7.79. The summed E-state index contributed by atoms with van der Waals surface area (Å²) >= 11 is 0. The molecule has 0 aromatic heterocycles. The smallest absolute Gasteiger partial charge is 0.338 e. The van der Waals surface area contributed by atoms with Crippen LogP contribution in [0.2, 0.25) is 0 Å². The van der Waals surface area contributed by atoms with Crippen molar-refractivity contribution in [2.75, 3.05) is 50.8 Å². The summed E-state index contributed by atoms with van der Waals surface area (Å²) in [4.78, 5) is 42.0. The van der Waals surface area contributed by atoms with Crippen LogP contribution in [-0.2, 0) is 14.3 Å². The molecule has 1 saturated heterocycles. The zero-order valence-corrected chi connectivity index (χ0v) is 16.4. The van der Waals surface area contributed by atoms with Crippen LogP contribution in [0.1, 0.15) is 37.6 Å². The Morgan fingerprint density at radius 2 is 1.67 bits per heavy atom. The van der Waals surface area contributed by atoms with Gasteiger partial charge in [-0.15, -0.1) is 0 Å². The fourth-order valence-electron chi connectivity index (χ4n) is 3.14. The summed E-state index contributed by atoms with van der Waals surface area (Å²) in [6.45, 7) is 10.3. The fraction of sp³-hybridized carbons (Fsp3) is 0.550. The lowest BCUT2D eigenvalue weighted by Gasteiger charge is -2.34. The molecular weight excluding hydrogens is 346 g/mol. The van der Waals surface area contributed by atoms with E-state index in [0.717, 1.165) is 32.7 Å². The van der Waals surface area contributed by atoms with Crippen molar-refractivity contribution >= 4 is 23.5 Å². The van der Waals surface area contributed by atoms with E-state index >= 15 is 0 Å². The van der Waals surface area contributed by atoms with Crippen LogP contribution in [0.4, 0.5) is 5.69 Å². The second-order valence-electron chi connectivity index (χ2n) is 6.50. The molecule has 1 heterocycles. The normalized spacial score (nSPS) is 14.7. The second-order valence-corrected chi connectivity index (χ2v) is 6.50. The molecule has 2 amide bonds. The highest BCUT2D eigenvalue weighted by molar-refractivity contribution is 5.94. The third-order valence-electron chi connectivity index (χ3n) is 4.79. The molecule has 148 valence electrons. The summed E-state index contributed by atoms with van der Waals surface area (Å²) in [6, 6.07) is 6.68. The Morgan fingerprint density at radius 3 is 2.19 bits per heavy atom. The van der Waals surface area contributed by atoms with Gasteiger partial charge in [0.1, 0.15) is 0 Å². The molecule has 0 unspecified atom stereocenters. The molecule has 1 aromatic carbocycles. The minimum atomic E-state index is -0.389. The number of amides is 2. The van der Waals surface area contributed by atoms with Crippen LogP contribution in [0.15, 0.2) is 24.3 Å². The van der Waals surface area contributed by atoms with Crippen LogP contribution in [-0.4, -0.2) is 73.5 Å². The van der Waals surface area contributed by atoms with Gasteiger partial charge in [0.2, 0.25) is 11.8 Å². The molecule has 7 nitrogen and oxygen atoms in total. The molecule has 2 rings (SSSR count). The summed E-state index contributed by atoms with van der Waals surface area (Å²) in [7, 11) is 0. The van der Waals surface area contributed by atoms with Crippen molar-refractivity contribution in [1.82, 2.24) is 9.80 Å². The van der Waals surface area contributed by atoms with Crippen molar-refractivity contribution in [3.63, 3.8) is 0 Å². The maximum Gasteiger partial charge on any atom is 0.338 e. The number of ether oxygens (including phenoxy) is 1. The van der Waals surface area contributed by atoms with Gasteiger partial charge in [0, 0.05) is 51.8 Å². The maximum atomic E-state index is 12.5. The lowest BCUT2D eigenvalue weighted by atomic mass is 10.2. The van der Waals surface area contributed by atoms with E-state index in [0.29, 0.717) is 24.4 Å². The van der Waals surface area contributed by atoms with Gasteiger partial charge in [-0.3, -0.25) is 9.59 Å². The number of anilines is 1. The van der Waals surface area contributed by atoms with E-state index in [1.165, 1.54) is 6.92 Å². The van der Waals surface area contributed by atoms with Crippen molar-refractivity contribution in [1.29, 1.82) is 0 Å². The molecule has 7 heteroatoms. The molecule has 1 aromatic rings. The number of esters is 1. The van der Waals surface area contributed by atoms with Crippen molar-refractivity contribution < 1.29 is 19.1 Å². The van der Waals surface area contributed by atoms with E-state index in [1.807, 2.05) is 4.90 Å². The van der Waals surface area contributed by atoms with Gasteiger partial charge >= 0.3 is 5.97 Å². The number of rotatable bonds is 7. The summed E-state index contributed by atoms with van der Waals surface area (Å²) in [5.74, 6) is -0.456. The van der Waals surface area contributed by atoms with Crippen molar-refractivity contribution in [3.8, 4) is 0 Å². The molecule has 0 N–H and O–H groups in total. The number of likely N-dealkylation sites (N-methyl/N-ethyl adjacent to an activating group) is 1. The molecule has 0 radical (unpaired) electrons. The predicted molar refractivity (Wildman–Crippen MR) is 104 cm³/mol. The maximum absolute atomic E-state index is 12.5. The Bertz CT molecular complexity index is 652. The van der Waals surface area contributed by atoms with E-state index in [2.05, 4.69) is 11.8 Å². The Hall–Kier alpha value is -2.41. The fourth-order valence-corrected chi connectivity index (χ4v) is 3.14. The van der Waals surface area contributed by atoms with Gasteiger partial charge in [-0.1, -0.05) is 6.92 Å². The van der Waals surface area contributed by atoms with E-state index in [1.54, 1.807) is 36.1 Å². The summed E-state index contributed by atoms with van der Waals surface area (Å²) in [5.41, 5.74) is 1.10. The number of hydrogen-bond acceptors (Lipinski definition) is 5. The van der Waals surface area contributed by atoms with E-state index in [9.17, 15) is 14.4 Å². The molecule has 0 spiro atoms. The molecule has 1 aliphatic heterocycles. The van der Waals surface area contributed by atoms with Gasteiger partial charge in [-0.05, 0) is 37.7 Å². The lowest BCUT2D eigenvalue weighted by molar-refractivity contribution is -0.132. The van der Waals surface area contributed by atoms with Crippen LogP contribution in [0, 0.1) is 0 Å². The molecular formula is C20H29N3O4. The first kappa shape index (κ1) is 20.9. The number of benzene rings is 1. The quantitative estimate of drug-likeness (QED) is 0.680. The molecule has 0 aliphatic carbocycles. The van der Waals surface area contributed by atoms with Gasteiger partial charge < -0.3 is 19.4 Å². The van der Waals surface area contributed by atoms with Gasteiger partial charge in [-0.25, -0.2) is 4.79 Å². The molecule has 1 fully saturated rings. The SMILES string of the molecule is CCOC(=O)c1ccc(N(CCC(=O)N2CCN(CC)CC2)C(C)=O)cc1. The number of hydrogen-bond donors (Lipinski definition) is 0. The van der Waals surface area contributed by atoms with Crippen molar-refractivity contribution in [2.45, 2.75) is 27.2 Å². The van der Waals surface area contributed by atoms with E-state index < -0.39 is 0 Å². The molecule has 1 aliphatic rings. The highest BCUT2D eigenvalue weighted by atomic mass is 16.5. The monoisotopic (exact) mass is 375 g/mol. The zero-order valence-electron chi connectivity index (χ0n) is 16.4. The molecule has 0 bridgehead atoms. The third-order valence-corrected chi connectivity index (χ3v) is 4.79. The van der Waals surface area contributed by atoms with Crippen LogP contribution in [0.5, 0.6) is 0 Å². The zero-order chi connectivity index (χ0) is 19.8. The summed E-state index contributed by atoms with van der Waals surface area (Å²) < 4.78 is 4.96. The standard InChI is InChI=1S/C20H29N3O4/c1-4-21-12-14-22(15-13-21)19(25)10-11-23(16(3)24)18-8-6-17(7-9-18)20(26)27-5-2/h6-9H,4-5,10-15H2,1-3H3.